The van der Waals surface area contributed by atoms with E-state index in [0.717, 1.165) is 12.0 Å². The molecule has 5 heteroatoms. The molecule has 1 aromatic carbocycles. The Kier molecular flexibility index (Phi) is 4.72. The Hall–Kier alpha value is -1.01. The number of hydrogen-bond donors (Lipinski definition) is 0. The topological polar surface area (TPSA) is 44.8 Å². The van der Waals surface area contributed by atoms with Gasteiger partial charge in [-0.05, 0) is 23.7 Å². The normalized spacial score (nSPS) is 30.1. The zero-order valence-corrected chi connectivity index (χ0v) is 16.2. The predicted octanol–water partition coefficient (Wildman–Crippen LogP) is 3.70. The molecule has 4 atom stereocenters. The maximum absolute atomic E-state index is 12.7. The number of ether oxygens (including phenoxy) is 2. The molecule has 0 aromatic heterocycles. The van der Waals surface area contributed by atoms with Crippen molar-refractivity contribution in [3.8, 4) is 0 Å². The van der Waals surface area contributed by atoms with Crippen molar-refractivity contribution in [3.63, 3.8) is 0 Å². The molecule has 0 amide bonds. The lowest BCUT2D eigenvalue weighted by atomic mass is 9.94. The molecule has 1 aromatic rings. The molecule has 0 spiro atoms. The molecule has 0 radical (unpaired) electrons. The number of rotatable bonds is 5. The molecule has 132 valence electrons. The lowest BCUT2D eigenvalue weighted by Gasteiger charge is -2.39. The second kappa shape index (κ2) is 6.37. The van der Waals surface area contributed by atoms with Gasteiger partial charge in [0.05, 0.1) is 18.8 Å². The van der Waals surface area contributed by atoms with Crippen LogP contribution in [-0.4, -0.2) is 38.5 Å². The first-order valence-corrected chi connectivity index (χ1v) is 11.6. The minimum absolute atomic E-state index is 0.0640. The number of benzene rings is 1. The van der Waals surface area contributed by atoms with Crippen molar-refractivity contribution < 1.29 is 18.7 Å². The van der Waals surface area contributed by atoms with E-state index in [1.54, 1.807) is 0 Å². The maximum atomic E-state index is 12.7. The first-order valence-electron chi connectivity index (χ1n) is 8.71. The highest BCUT2D eigenvalue weighted by molar-refractivity contribution is 6.74. The summed E-state index contributed by atoms with van der Waals surface area (Å²) in [6, 6.07) is 10.0. The summed E-state index contributed by atoms with van der Waals surface area (Å²) in [5.41, 5.74) is 1.11. The highest BCUT2D eigenvalue weighted by Crippen LogP contribution is 2.42. The van der Waals surface area contributed by atoms with Crippen molar-refractivity contribution in [1.82, 2.24) is 0 Å². The molecule has 0 N–H and O–H groups in total. The average Bonchev–Trinajstić information content (AvgIpc) is 3.05. The van der Waals surface area contributed by atoms with Gasteiger partial charge in [0.2, 0.25) is 0 Å². The van der Waals surface area contributed by atoms with Gasteiger partial charge in [-0.2, -0.15) is 0 Å². The molecular weight excluding hydrogens is 320 g/mol. The van der Waals surface area contributed by atoms with Crippen molar-refractivity contribution in [2.75, 3.05) is 0 Å². The molecule has 2 aliphatic rings. The Labute approximate surface area is 145 Å². The summed E-state index contributed by atoms with van der Waals surface area (Å²) in [5, 5.41) is 0.0817. The minimum Gasteiger partial charge on any atom is -0.404 e. The highest BCUT2D eigenvalue weighted by Gasteiger charge is 2.57. The van der Waals surface area contributed by atoms with E-state index in [0.29, 0.717) is 6.61 Å². The lowest BCUT2D eigenvalue weighted by molar-refractivity contribution is -0.133. The Bertz CT molecular complexity index is 593. The van der Waals surface area contributed by atoms with Crippen molar-refractivity contribution in [1.29, 1.82) is 0 Å². The van der Waals surface area contributed by atoms with Gasteiger partial charge in [0, 0.05) is 6.42 Å². The first-order chi connectivity index (χ1) is 11.2. The molecule has 4 nitrogen and oxygen atoms in total. The number of fused-ring (bicyclic) bond motifs is 2. The predicted molar refractivity (Wildman–Crippen MR) is 95.4 cm³/mol. The van der Waals surface area contributed by atoms with Gasteiger partial charge in [-0.1, -0.05) is 51.1 Å². The Morgan fingerprint density at radius 1 is 1.21 bits per heavy atom. The Morgan fingerprint density at radius 2 is 1.88 bits per heavy atom. The zero-order chi connectivity index (χ0) is 17.5. The van der Waals surface area contributed by atoms with Crippen LogP contribution in [0.25, 0.3) is 0 Å². The third kappa shape index (κ3) is 3.36. The van der Waals surface area contributed by atoms with E-state index in [1.165, 1.54) is 0 Å². The number of hydrogen-bond acceptors (Lipinski definition) is 4. The zero-order valence-electron chi connectivity index (χ0n) is 15.2. The molecule has 2 saturated heterocycles. The van der Waals surface area contributed by atoms with E-state index in [2.05, 4.69) is 33.9 Å². The molecular formula is C19H28O4Si. The molecule has 0 aliphatic carbocycles. The van der Waals surface area contributed by atoms with Crippen LogP contribution in [0.4, 0.5) is 0 Å². The third-order valence-electron chi connectivity index (χ3n) is 5.56. The fourth-order valence-corrected chi connectivity index (χ4v) is 4.29. The second-order valence-corrected chi connectivity index (χ2v) is 13.1. The molecule has 2 fully saturated rings. The van der Waals surface area contributed by atoms with E-state index in [9.17, 15) is 4.79 Å². The van der Waals surface area contributed by atoms with E-state index in [1.807, 2.05) is 30.3 Å². The quantitative estimate of drug-likeness (QED) is 0.761. The van der Waals surface area contributed by atoms with Crippen LogP contribution in [0.2, 0.25) is 18.1 Å². The molecule has 0 saturated carbocycles. The van der Waals surface area contributed by atoms with Crippen molar-refractivity contribution in [2.45, 2.75) is 76.3 Å². The summed E-state index contributed by atoms with van der Waals surface area (Å²) in [6.45, 7) is 11.4. The SMILES string of the molecule is CC(C)(C)[Si](C)(C)O[C@@H]1C(=O)[C@@H]2O[C@H]1C[C@@H]2OCc1ccccc1. The number of carbonyl (C=O) groups excluding carboxylic acids is 1. The third-order valence-corrected chi connectivity index (χ3v) is 10.0. The first kappa shape index (κ1) is 17.8. The molecule has 0 unspecified atom stereocenters. The van der Waals surface area contributed by atoms with E-state index < -0.39 is 20.5 Å². The molecule has 2 aliphatic heterocycles. The van der Waals surface area contributed by atoms with E-state index >= 15 is 0 Å². The highest BCUT2D eigenvalue weighted by atomic mass is 28.4. The van der Waals surface area contributed by atoms with Crippen LogP contribution in [0.15, 0.2) is 30.3 Å². The molecule has 24 heavy (non-hydrogen) atoms. The van der Waals surface area contributed by atoms with Gasteiger partial charge in [-0.25, -0.2) is 0 Å². The molecule has 2 heterocycles. The fourth-order valence-electron chi connectivity index (χ4n) is 3.04. The van der Waals surface area contributed by atoms with Gasteiger partial charge in [0.25, 0.3) is 0 Å². The van der Waals surface area contributed by atoms with Crippen LogP contribution in [0.5, 0.6) is 0 Å². The minimum atomic E-state index is -1.98. The van der Waals surface area contributed by atoms with E-state index in [4.69, 9.17) is 13.9 Å². The van der Waals surface area contributed by atoms with Crippen LogP contribution < -0.4 is 0 Å². The van der Waals surface area contributed by atoms with E-state index in [-0.39, 0.29) is 23.0 Å². The number of ketones is 1. The van der Waals surface area contributed by atoms with Crippen LogP contribution in [0.1, 0.15) is 32.8 Å². The van der Waals surface area contributed by atoms with Gasteiger partial charge in [-0.15, -0.1) is 0 Å². The summed E-state index contributed by atoms with van der Waals surface area (Å²) in [7, 11) is -1.98. The molecule has 3 rings (SSSR count). The number of Topliss-reactive ketones (excluding diaryl/α,β-unsaturated/α-hetero) is 1. The molecule has 2 bridgehead atoms. The van der Waals surface area contributed by atoms with Gasteiger partial charge in [-0.3, -0.25) is 4.79 Å². The summed E-state index contributed by atoms with van der Waals surface area (Å²) in [6.07, 6.45) is -0.442. The summed E-state index contributed by atoms with van der Waals surface area (Å²) in [4.78, 5) is 12.7. The second-order valence-electron chi connectivity index (χ2n) is 8.37. The summed E-state index contributed by atoms with van der Waals surface area (Å²) in [5.74, 6) is 0.0640. The summed E-state index contributed by atoms with van der Waals surface area (Å²) < 4.78 is 18.2. The van der Waals surface area contributed by atoms with Crippen LogP contribution in [-0.2, 0) is 25.3 Å². The maximum Gasteiger partial charge on any atom is 0.194 e. The van der Waals surface area contributed by atoms with Crippen LogP contribution in [0.3, 0.4) is 0 Å². The standard InChI is InChI=1S/C19H28O4Si/c1-19(2,3)24(4,5)23-18-15-11-14(17(22-15)16(18)20)21-12-13-9-7-6-8-10-13/h6-10,14-15,17-18H,11-12H2,1-5H3/t14-,15-,17+,18-/m0/s1. The Balaban J connectivity index is 1.59. The summed E-state index contributed by atoms with van der Waals surface area (Å²) >= 11 is 0. The fraction of sp³-hybridized carbons (Fsp3) is 0.632. The van der Waals surface area contributed by atoms with Gasteiger partial charge < -0.3 is 13.9 Å². The van der Waals surface area contributed by atoms with Crippen LogP contribution >= 0.6 is 0 Å². The van der Waals surface area contributed by atoms with Crippen molar-refractivity contribution in [3.05, 3.63) is 35.9 Å². The van der Waals surface area contributed by atoms with Gasteiger partial charge in [0.1, 0.15) is 12.2 Å². The number of carbonyl (C=O) groups is 1. The van der Waals surface area contributed by atoms with Crippen molar-refractivity contribution >= 4 is 14.1 Å². The smallest absolute Gasteiger partial charge is 0.194 e. The average molecular weight is 349 g/mol. The Morgan fingerprint density at radius 3 is 2.46 bits per heavy atom. The van der Waals surface area contributed by atoms with Crippen molar-refractivity contribution in [2.24, 2.45) is 0 Å². The van der Waals surface area contributed by atoms with Gasteiger partial charge >= 0.3 is 0 Å². The lowest BCUT2D eigenvalue weighted by Crippen LogP contribution is -2.51. The van der Waals surface area contributed by atoms with Crippen LogP contribution in [0, 0.1) is 0 Å². The monoisotopic (exact) mass is 348 g/mol. The van der Waals surface area contributed by atoms with Gasteiger partial charge in [0.15, 0.2) is 14.1 Å². The largest absolute Gasteiger partial charge is 0.404 e.